The first-order valence-electron chi connectivity index (χ1n) is 10.8. The van der Waals surface area contributed by atoms with Gasteiger partial charge in [0, 0.05) is 36.2 Å². The zero-order valence-electron chi connectivity index (χ0n) is 18.1. The molecule has 5 nitrogen and oxygen atoms in total. The second kappa shape index (κ2) is 9.62. The lowest BCUT2D eigenvalue weighted by atomic mass is 10.0. The average Bonchev–Trinajstić information content (AvgIpc) is 3.27. The van der Waals surface area contributed by atoms with E-state index >= 15 is 0 Å². The number of aromatic nitrogens is 1. The third kappa shape index (κ3) is 5.32. The largest absolute Gasteiger partial charge is 0.376 e. The summed E-state index contributed by atoms with van der Waals surface area (Å²) in [7, 11) is 0. The standard InChI is InChI=1S/C25H29N3O2S/c1-17-11-18(2)22-13-20(24(29)27-23(22)12-17)16-28(15-19-7-4-3-5-8-19)25(31)26-14-21-9-6-10-30-21/h3-5,7-8,11-13,21H,6,9-10,14-16H2,1-2H3,(H,26,31)(H,27,29)/t21-/m0/s1. The summed E-state index contributed by atoms with van der Waals surface area (Å²) in [6.45, 7) is 6.69. The van der Waals surface area contributed by atoms with E-state index in [9.17, 15) is 4.79 Å². The van der Waals surface area contributed by atoms with Gasteiger partial charge in [0.15, 0.2) is 5.11 Å². The Bertz CT molecular complexity index is 1120. The third-order valence-corrected chi connectivity index (χ3v) is 6.16. The summed E-state index contributed by atoms with van der Waals surface area (Å²) in [6, 6.07) is 16.4. The van der Waals surface area contributed by atoms with Gasteiger partial charge in [0.1, 0.15) is 0 Å². The van der Waals surface area contributed by atoms with E-state index < -0.39 is 0 Å². The van der Waals surface area contributed by atoms with Crippen LogP contribution in [0.2, 0.25) is 0 Å². The topological polar surface area (TPSA) is 57.4 Å². The lowest BCUT2D eigenvalue weighted by Crippen LogP contribution is -2.42. The molecule has 0 bridgehead atoms. The first kappa shape index (κ1) is 21.5. The van der Waals surface area contributed by atoms with Gasteiger partial charge in [-0.3, -0.25) is 4.79 Å². The van der Waals surface area contributed by atoms with Crippen molar-refractivity contribution in [1.82, 2.24) is 15.2 Å². The van der Waals surface area contributed by atoms with Crippen molar-refractivity contribution in [2.75, 3.05) is 13.2 Å². The molecule has 162 valence electrons. The quantitative estimate of drug-likeness (QED) is 0.569. The summed E-state index contributed by atoms with van der Waals surface area (Å²) in [6.07, 6.45) is 2.35. The number of rotatable bonds is 6. The average molecular weight is 436 g/mol. The molecular weight excluding hydrogens is 406 g/mol. The zero-order chi connectivity index (χ0) is 21.8. The van der Waals surface area contributed by atoms with Crippen LogP contribution in [0.4, 0.5) is 0 Å². The molecule has 6 heteroatoms. The van der Waals surface area contributed by atoms with Gasteiger partial charge in [-0.25, -0.2) is 0 Å². The highest BCUT2D eigenvalue weighted by Gasteiger charge is 2.18. The van der Waals surface area contributed by atoms with Gasteiger partial charge < -0.3 is 19.9 Å². The molecule has 1 aliphatic heterocycles. The number of hydrogen-bond donors (Lipinski definition) is 2. The molecule has 4 rings (SSSR count). The lowest BCUT2D eigenvalue weighted by Gasteiger charge is -2.27. The van der Waals surface area contributed by atoms with E-state index in [0.29, 0.717) is 30.3 Å². The van der Waals surface area contributed by atoms with Gasteiger partial charge >= 0.3 is 0 Å². The minimum Gasteiger partial charge on any atom is -0.376 e. The van der Waals surface area contributed by atoms with Crippen molar-refractivity contribution in [3.8, 4) is 0 Å². The summed E-state index contributed by atoms with van der Waals surface area (Å²) in [5.41, 5.74) is 4.95. The van der Waals surface area contributed by atoms with Crippen molar-refractivity contribution in [3.05, 3.63) is 81.1 Å². The van der Waals surface area contributed by atoms with E-state index in [1.807, 2.05) is 37.3 Å². The molecule has 2 N–H and O–H groups in total. The molecule has 1 atom stereocenters. The van der Waals surface area contributed by atoms with Crippen molar-refractivity contribution in [3.63, 3.8) is 0 Å². The van der Waals surface area contributed by atoms with Crippen LogP contribution in [0.5, 0.6) is 0 Å². The monoisotopic (exact) mass is 435 g/mol. The number of nitrogens with one attached hydrogen (secondary N) is 2. The second-order valence-corrected chi connectivity index (χ2v) is 8.72. The van der Waals surface area contributed by atoms with Crippen molar-refractivity contribution in [2.45, 2.75) is 45.9 Å². The van der Waals surface area contributed by atoms with Gasteiger partial charge in [0.05, 0.1) is 12.6 Å². The molecule has 0 radical (unpaired) electrons. The van der Waals surface area contributed by atoms with Gasteiger partial charge in [-0.15, -0.1) is 0 Å². The Kier molecular flexibility index (Phi) is 6.68. The van der Waals surface area contributed by atoms with Crippen LogP contribution in [0.3, 0.4) is 0 Å². The molecule has 0 unspecified atom stereocenters. The van der Waals surface area contributed by atoms with Gasteiger partial charge in [-0.2, -0.15) is 0 Å². The number of hydrogen-bond acceptors (Lipinski definition) is 3. The highest BCUT2D eigenvalue weighted by Crippen LogP contribution is 2.19. The summed E-state index contributed by atoms with van der Waals surface area (Å²) < 4.78 is 5.71. The molecule has 0 aliphatic carbocycles. The second-order valence-electron chi connectivity index (χ2n) is 8.33. The predicted molar refractivity (Wildman–Crippen MR) is 129 cm³/mol. The molecule has 31 heavy (non-hydrogen) atoms. The van der Waals surface area contributed by atoms with E-state index in [1.54, 1.807) is 0 Å². The molecule has 0 saturated carbocycles. The van der Waals surface area contributed by atoms with Gasteiger partial charge in [0.25, 0.3) is 5.56 Å². The molecule has 2 aromatic carbocycles. The molecule has 1 aliphatic rings. The lowest BCUT2D eigenvalue weighted by molar-refractivity contribution is 0.113. The van der Waals surface area contributed by atoms with Crippen LogP contribution in [0, 0.1) is 13.8 Å². The summed E-state index contributed by atoms with van der Waals surface area (Å²) in [5, 5.41) is 5.07. The maximum Gasteiger partial charge on any atom is 0.253 e. The first-order chi connectivity index (χ1) is 15.0. The van der Waals surface area contributed by atoms with E-state index in [0.717, 1.165) is 47.0 Å². The van der Waals surface area contributed by atoms with Crippen molar-refractivity contribution in [1.29, 1.82) is 0 Å². The normalized spacial score (nSPS) is 15.9. The number of ether oxygens (including phenoxy) is 1. The van der Waals surface area contributed by atoms with Gasteiger partial charge in [0.2, 0.25) is 0 Å². The number of fused-ring (bicyclic) bond motifs is 1. The maximum atomic E-state index is 12.9. The van der Waals surface area contributed by atoms with Crippen LogP contribution in [0.1, 0.15) is 35.1 Å². The maximum absolute atomic E-state index is 12.9. The fourth-order valence-corrected chi connectivity index (χ4v) is 4.37. The van der Waals surface area contributed by atoms with Gasteiger partial charge in [-0.05, 0) is 67.7 Å². The predicted octanol–water partition coefficient (Wildman–Crippen LogP) is 4.20. The fraction of sp³-hybridized carbons (Fsp3) is 0.360. The Labute approximate surface area is 188 Å². The fourth-order valence-electron chi connectivity index (χ4n) is 4.16. The Morgan fingerprint density at radius 1 is 1.19 bits per heavy atom. The zero-order valence-corrected chi connectivity index (χ0v) is 18.9. The minimum absolute atomic E-state index is 0.0718. The van der Waals surface area contributed by atoms with E-state index in [1.165, 1.54) is 0 Å². The van der Waals surface area contributed by atoms with E-state index in [4.69, 9.17) is 17.0 Å². The molecule has 3 aromatic rings. The number of aryl methyl sites for hydroxylation is 2. The van der Waals surface area contributed by atoms with E-state index in [2.05, 4.69) is 40.3 Å². The molecular formula is C25H29N3O2S. The molecule has 1 aromatic heterocycles. The SMILES string of the molecule is Cc1cc(C)c2cc(CN(Cc3ccccc3)C(=S)NC[C@@H]3CCCO3)c(=O)[nH]c2c1. The van der Waals surface area contributed by atoms with Crippen LogP contribution >= 0.6 is 12.2 Å². The highest BCUT2D eigenvalue weighted by molar-refractivity contribution is 7.80. The molecule has 0 spiro atoms. The Morgan fingerprint density at radius 3 is 2.74 bits per heavy atom. The van der Waals surface area contributed by atoms with Crippen LogP contribution in [-0.4, -0.2) is 34.3 Å². The van der Waals surface area contributed by atoms with Crippen LogP contribution in [-0.2, 0) is 17.8 Å². The first-order valence-corrected chi connectivity index (χ1v) is 11.2. The summed E-state index contributed by atoms with van der Waals surface area (Å²) in [4.78, 5) is 18.0. The van der Waals surface area contributed by atoms with Crippen molar-refractivity contribution in [2.24, 2.45) is 0 Å². The summed E-state index contributed by atoms with van der Waals surface area (Å²) in [5.74, 6) is 0. The minimum atomic E-state index is -0.0718. The molecule has 1 fully saturated rings. The van der Waals surface area contributed by atoms with Crippen LogP contribution in [0.15, 0.2) is 53.3 Å². The highest BCUT2D eigenvalue weighted by atomic mass is 32.1. The number of thiocarbonyl (C=S) groups is 1. The summed E-state index contributed by atoms with van der Waals surface area (Å²) >= 11 is 5.74. The molecule has 2 heterocycles. The smallest absolute Gasteiger partial charge is 0.253 e. The third-order valence-electron chi connectivity index (χ3n) is 5.76. The molecule has 0 amide bonds. The van der Waals surface area contributed by atoms with Crippen molar-refractivity contribution >= 4 is 28.2 Å². The Morgan fingerprint density at radius 2 is 2.00 bits per heavy atom. The number of nitrogens with zero attached hydrogens (tertiary/aromatic N) is 1. The number of aromatic amines is 1. The molecule has 1 saturated heterocycles. The Balaban J connectivity index is 1.59. The Hall–Kier alpha value is -2.70. The van der Waals surface area contributed by atoms with Crippen molar-refractivity contribution < 1.29 is 4.74 Å². The van der Waals surface area contributed by atoms with Gasteiger partial charge in [-0.1, -0.05) is 36.4 Å². The van der Waals surface area contributed by atoms with Crippen LogP contribution < -0.4 is 10.9 Å². The number of H-pyrrole nitrogens is 1. The van der Waals surface area contributed by atoms with E-state index in [-0.39, 0.29) is 11.7 Å². The number of benzene rings is 2. The number of pyridine rings is 1. The van der Waals surface area contributed by atoms with Crippen LogP contribution in [0.25, 0.3) is 10.9 Å².